The summed E-state index contributed by atoms with van der Waals surface area (Å²) in [5.41, 5.74) is 0. The SMILES string of the molecule is C#CCC(=O)N1CCC(CNC)C1. The molecule has 0 aromatic rings. The Morgan fingerprint density at radius 1 is 1.77 bits per heavy atom. The highest BCUT2D eigenvalue weighted by atomic mass is 16.2. The molecule has 1 atom stereocenters. The molecule has 1 heterocycles. The van der Waals surface area contributed by atoms with Gasteiger partial charge in [-0.05, 0) is 25.9 Å². The molecule has 1 unspecified atom stereocenters. The van der Waals surface area contributed by atoms with Gasteiger partial charge in [0.2, 0.25) is 5.91 Å². The smallest absolute Gasteiger partial charge is 0.234 e. The average molecular weight is 180 g/mol. The van der Waals surface area contributed by atoms with Crippen molar-refractivity contribution in [2.24, 2.45) is 5.92 Å². The van der Waals surface area contributed by atoms with Crippen molar-refractivity contribution >= 4 is 5.91 Å². The van der Waals surface area contributed by atoms with Crippen LogP contribution in [0.25, 0.3) is 0 Å². The number of hydrogen-bond acceptors (Lipinski definition) is 2. The van der Waals surface area contributed by atoms with Crippen LogP contribution in [-0.4, -0.2) is 37.5 Å². The number of likely N-dealkylation sites (tertiary alicyclic amines) is 1. The third-order valence-corrected chi connectivity index (χ3v) is 2.38. The van der Waals surface area contributed by atoms with Crippen molar-refractivity contribution in [3.05, 3.63) is 0 Å². The molecule has 1 aliphatic heterocycles. The molecule has 72 valence electrons. The number of rotatable bonds is 3. The summed E-state index contributed by atoms with van der Waals surface area (Å²) >= 11 is 0. The number of nitrogens with one attached hydrogen (secondary N) is 1. The van der Waals surface area contributed by atoms with E-state index in [9.17, 15) is 4.79 Å². The van der Waals surface area contributed by atoms with E-state index in [1.165, 1.54) is 0 Å². The number of carbonyl (C=O) groups excluding carboxylic acids is 1. The summed E-state index contributed by atoms with van der Waals surface area (Å²) in [4.78, 5) is 13.2. The minimum atomic E-state index is 0.0982. The van der Waals surface area contributed by atoms with Crippen molar-refractivity contribution in [1.82, 2.24) is 10.2 Å². The molecule has 1 rings (SSSR count). The van der Waals surface area contributed by atoms with E-state index in [0.717, 1.165) is 26.1 Å². The first-order valence-corrected chi connectivity index (χ1v) is 4.63. The van der Waals surface area contributed by atoms with E-state index in [1.807, 2.05) is 11.9 Å². The number of hydrogen-bond donors (Lipinski definition) is 1. The van der Waals surface area contributed by atoms with E-state index in [4.69, 9.17) is 6.42 Å². The third-order valence-electron chi connectivity index (χ3n) is 2.38. The van der Waals surface area contributed by atoms with E-state index in [2.05, 4.69) is 11.2 Å². The maximum atomic E-state index is 11.4. The van der Waals surface area contributed by atoms with Gasteiger partial charge in [0.1, 0.15) is 0 Å². The summed E-state index contributed by atoms with van der Waals surface area (Å²) in [7, 11) is 1.94. The molecule has 1 fully saturated rings. The van der Waals surface area contributed by atoms with Crippen molar-refractivity contribution in [3.63, 3.8) is 0 Å². The van der Waals surface area contributed by atoms with E-state index < -0.39 is 0 Å². The van der Waals surface area contributed by atoms with Gasteiger partial charge in [0, 0.05) is 13.1 Å². The Morgan fingerprint density at radius 3 is 3.15 bits per heavy atom. The summed E-state index contributed by atoms with van der Waals surface area (Å²) in [6, 6.07) is 0. The normalized spacial score (nSPS) is 21.5. The monoisotopic (exact) mass is 180 g/mol. The fourth-order valence-electron chi connectivity index (χ4n) is 1.71. The molecule has 0 bridgehead atoms. The summed E-state index contributed by atoms with van der Waals surface area (Å²) in [6.07, 6.45) is 6.42. The van der Waals surface area contributed by atoms with Gasteiger partial charge in [-0.15, -0.1) is 6.42 Å². The molecule has 0 saturated carbocycles. The first kappa shape index (κ1) is 10.1. The van der Waals surface area contributed by atoms with Crippen LogP contribution in [0, 0.1) is 18.3 Å². The Morgan fingerprint density at radius 2 is 2.54 bits per heavy atom. The quantitative estimate of drug-likeness (QED) is 0.624. The summed E-state index contributed by atoms with van der Waals surface area (Å²) in [6.45, 7) is 2.72. The van der Waals surface area contributed by atoms with Crippen molar-refractivity contribution in [1.29, 1.82) is 0 Å². The molecule has 0 aromatic carbocycles. The molecule has 0 spiro atoms. The maximum Gasteiger partial charge on any atom is 0.234 e. The van der Waals surface area contributed by atoms with Crippen LogP contribution in [0.4, 0.5) is 0 Å². The lowest BCUT2D eigenvalue weighted by molar-refractivity contribution is -0.129. The van der Waals surface area contributed by atoms with Crippen molar-refractivity contribution in [3.8, 4) is 12.3 Å². The second-order valence-corrected chi connectivity index (χ2v) is 3.43. The minimum absolute atomic E-state index is 0.0982. The van der Waals surface area contributed by atoms with Crippen LogP contribution in [0.2, 0.25) is 0 Å². The van der Waals surface area contributed by atoms with Gasteiger partial charge in [-0.2, -0.15) is 0 Å². The number of amides is 1. The van der Waals surface area contributed by atoms with Crippen molar-refractivity contribution < 1.29 is 4.79 Å². The van der Waals surface area contributed by atoms with E-state index >= 15 is 0 Å². The minimum Gasteiger partial charge on any atom is -0.342 e. The van der Waals surface area contributed by atoms with Crippen LogP contribution in [0.5, 0.6) is 0 Å². The second-order valence-electron chi connectivity index (χ2n) is 3.43. The van der Waals surface area contributed by atoms with Crippen LogP contribution in [0.15, 0.2) is 0 Å². The van der Waals surface area contributed by atoms with Gasteiger partial charge in [0.25, 0.3) is 0 Å². The molecular formula is C10H16N2O. The predicted molar refractivity (Wildman–Crippen MR) is 52.1 cm³/mol. The highest BCUT2D eigenvalue weighted by Gasteiger charge is 2.24. The van der Waals surface area contributed by atoms with Crippen LogP contribution >= 0.6 is 0 Å². The highest BCUT2D eigenvalue weighted by molar-refractivity contribution is 5.78. The zero-order chi connectivity index (χ0) is 9.68. The fraction of sp³-hybridized carbons (Fsp3) is 0.700. The Hall–Kier alpha value is -1.01. The van der Waals surface area contributed by atoms with Crippen LogP contribution in [0.3, 0.4) is 0 Å². The maximum absolute atomic E-state index is 11.4. The third kappa shape index (κ3) is 2.74. The molecule has 13 heavy (non-hydrogen) atoms. The number of terminal acetylenes is 1. The van der Waals surface area contributed by atoms with Gasteiger partial charge in [-0.25, -0.2) is 0 Å². The Balaban J connectivity index is 2.32. The first-order chi connectivity index (χ1) is 6.27. The molecule has 3 heteroatoms. The van der Waals surface area contributed by atoms with E-state index in [1.54, 1.807) is 0 Å². The zero-order valence-corrected chi connectivity index (χ0v) is 8.05. The van der Waals surface area contributed by atoms with E-state index in [0.29, 0.717) is 5.92 Å². The average Bonchev–Trinajstić information content (AvgIpc) is 2.54. The van der Waals surface area contributed by atoms with Gasteiger partial charge in [0.05, 0.1) is 6.42 Å². The lowest BCUT2D eigenvalue weighted by Crippen LogP contribution is -2.29. The summed E-state index contributed by atoms with van der Waals surface area (Å²) in [5.74, 6) is 3.09. The molecule has 1 N–H and O–H groups in total. The Labute approximate surface area is 79.5 Å². The largest absolute Gasteiger partial charge is 0.342 e. The van der Waals surface area contributed by atoms with E-state index in [-0.39, 0.29) is 12.3 Å². The molecule has 0 radical (unpaired) electrons. The second kappa shape index (κ2) is 4.88. The van der Waals surface area contributed by atoms with Crippen LogP contribution < -0.4 is 5.32 Å². The van der Waals surface area contributed by atoms with Crippen molar-refractivity contribution in [2.45, 2.75) is 12.8 Å². The molecular weight excluding hydrogens is 164 g/mol. The lowest BCUT2D eigenvalue weighted by atomic mass is 10.1. The number of carbonyl (C=O) groups is 1. The standard InChI is InChI=1S/C10H16N2O/c1-3-4-10(13)12-6-5-9(8-12)7-11-2/h1,9,11H,4-8H2,2H3. The zero-order valence-electron chi connectivity index (χ0n) is 8.05. The van der Waals surface area contributed by atoms with Gasteiger partial charge in [0.15, 0.2) is 0 Å². The Kier molecular flexibility index (Phi) is 3.78. The highest BCUT2D eigenvalue weighted by Crippen LogP contribution is 2.15. The molecule has 3 nitrogen and oxygen atoms in total. The van der Waals surface area contributed by atoms with Crippen molar-refractivity contribution in [2.75, 3.05) is 26.7 Å². The molecule has 0 aromatic heterocycles. The van der Waals surface area contributed by atoms with Crippen LogP contribution in [-0.2, 0) is 4.79 Å². The summed E-state index contributed by atoms with van der Waals surface area (Å²) in [5, 5.41) is 3.12. The number of nitrogens with zero attached hydrogens (tertiary/aromatic N) is 1. The van der Waals surface area contributed by atoms with Gasteiger partial charge in [-0.3, -0.25) is 4.79 Å². The van der Waals surface area contributed by atoms with Gasteiger partial charge < -0.3 is 10.2 Å². The first-order valence-electron chi connectivity index (χ1n) is 4.63. The van der Waals surface area contributed by atoms with Gasteiger partial charge in [-0.1, -0.05) is 5.92 Å². The molecule has 1 aliphatic rings. The molecule has 1 amide bonds. The topological polar surface area (TPSA) is 32.3 Å². The van der Waals surface area contributed by atoms with Gasteiger partial charge >= 0.3 is 0 Å². The fourth-order valence-corrected chi connectivity index (χ4v) is 1.71. The lowest BCUT2D eigenvalue weighted by Gasteiger charge is -2.14. The predicted octanol–water partition coefficient (Wildman–Crippen LogP) is 0.0776. The molecule has 0 aliphatic carbocycles. The van der Waals surface area contributed by atoms with Crippen LogP contribution in [0.1, 0.15) is 12.8 Å². The molecule has 1 saturated heterocycles. The summed E-state index contributed by atoms with van der Waals surface area (Å²) < 4.78 is 0. The Bertz CT molecular complexity index is 219.